The summed E-state index contributed by atoms with van der Waals surface area (Å²) >= 11 is 0. The van der Waals surface area contributed by atoms with Crippen molar-refractivity contribution in [2.24, 2.45) is 0 Å². The van der Waals surface area contributed by atoms with Crippen LogP contribution in [-0.4, -0.2) is 35.2 Å². The number of dihydropyridines is 1. The first-order valence-corrected chi connectivity index (χ1v) is 10.6. The largest absolute Gasteiger partial charge is 0.466 e. The fourth-order valence-electron chi connectivity index (χ4n) is 4.43. The van der Waals surface area contributed by atoms with Gasteiger partial charge in [0.1, 0.15) is 0 Å². The zero-order valence-electron chi connectivity index (χ0n) is 18.7. The van der Waals surface area contributed by atoms with Crippen LogP contribution in [0.4, 0.5) is 0 Å². The number of ether oxygens (including phenoxy) is 2. The highest BCUT2D eigenvalue weighted by Gasteiger charge is 2.39. The molecule has 1 N–H and O–H groups in total. The molecule has 0 amide bonds. The number of nitrogens with zero attached hydrogens (tertiary/aromatic N) is 2. The van der Waals surface area contributed by atoms with Gasteiger partial charge in [-0.1, -0.05) is 30.3 Å². The normalized spacial score (nSPS) is 19.3. The number of rotatable bonds is 5. The number of carbonyl (C=O) groups is 2. The highest BCUT2D eigenvalue weighted by Crippen LogP contribution is 2.39. The number of pyridine rings is 1. The molecule has 0 bridgehead atoms. The van der Waals surface area contributed by atoms with E-state index >= 15 is 0 Å². The summed E-state index contributed by atoms with van der Waals surface area (Å²) in [5.74, 6) is -1.60. The van der Waals surface area contributed by atoms with E-state index in [2.05, 4.69) is 27.3 Å². The standard InChI is InChI=1S/C25H27N3O4/c1-15-21(24(29)31-4)23(18-10-7-11-26-12-18)22(16(2)27-15)25(30)32-17(3)28-13-19-8-5-6-9-20(19)14-28/h5-12,17,23,27H,13-14H2,1-4H3. The van der Waals surface area contributed by atoms with Crippen LogP contribution in [0.5, 0.6) is 0 Å². The summed E-state index contributed by atoms with van der Waals surface area (Å²) in [6.07, 6.45) is 2.88. The Morgan fingerprint density at radius 1 is 1.03 bits per heavy atom. The van der Waals surface area contributed by atoms with Gasteiger partial charge in [-0.05, 0) is 43.5 Å². The third kappa shape index (κ3) is 4.03. The Bertz CT molecular complexity index is 1080. The van der Waals surface area contributed by atoms with Crippen molar-refractivity contribution in [1.82, 2.24) is 15.2 Å². The average molecular weight is 434 g/mol. The van der Waals surface area contributed by atoms with E-state index < -0.39 is 24.1 Å². The summed E-state index contributed by atoms with van der Waals surface area (Å²) in [6, 6.07) is 11.8. The van der Waals surface area contributed by atoms with Gasteiger partial charge in [-0.15, -0.1) is 0 Å². The Morgan fingerprint density at radius 2 is 1.66 bits per heavy atom. The maximum Gasteiger partial charge on any atom is 0.338 e. The molecule has 2 atom stereocenters. The van der Waals surface area contributed by atoms with Crippen molar-refractivity contribution >= 4 is 11.9 Å². The predicted molar refractivity (Wildman–Crippen MR) is 119 cm³/mol. The number of nitrogens with one attached hydrogen (secondary N) is 1. The van der Waals surface area contributed by atoms with Crippen LogP contribution < -0.4 is 5.32 Å². The van der Waals surface area contributed by atoms with Gasteiger partial charge in [0, 0.05) is 36.9 Å². The summed E-state index contributed by atoms with van der Waals surface area (Å²) < 4.78 is 11.0. The number of methoxy groups -OCH3 is 1. The molecule has 0 fully saturated rings. The molecule has 1 aromatic heterocycles. The Hall–Kier alpha value is -3.45. The fraction of sp³-hybridized carbons (Fsp3) is 0.320. The smallest absolute Gasteiger partial charge is 0.338 e. The van der Waals surface area contributed by atoms with E-state index in [0.29, 0.717) is 22.5 Å². The van der Waals surface area contributed by atoms with Crippen LogP contribution in [-0.2, 0) is 32.2 Å². The quantitative estimate of drug-likeness (QED) is 0.724. The number of benzene rings is 1. The molecule has 4 rings (SSSR count). The molecule has 0 spiro atoms. The summed E-state index contributed by atoms with van der Waals surface area (Å²) in [4.78, 5) is 32.4. The molecule has 3 heterocycles. The van der Waals surface area contributed by atoms with Crippen molar-refractivity contribution in [2.75, 3.05) is 7.11 Å². The number of hydrogen-bond acceptors (Lipinski definition) is 7. The zero-order chi connectivity index (χ0) is 22.8. The summed E-state index contributed by atoms with van der Waals surface area (Å²) in [7, 11) is 1.33. The number of esters is 2. The molecule has 7 nitrogen and oxygen atoms in total. The van der Waals surface area contributed by atoms with E-state index in [-0.39, 0.29) is 0 Å². The molecule has 2 unspecified atom stereocenters. The van der Waals surface area contributed by atoms with Gasteiger partial charge in [-0.3, -0.25) is 9.88 Å². The first-order chi connectivity index (χ1) is 15.4. The lowest BCUT2D eigenvalue weighted by molar-refractivity contribution is -0.153. The lowest BCUT2D eigenvalue weighted by Gasteiger charge is -2.31. The molecule has 166 valence electrons. The predicted octanol–water partition coefficient (Wildman–Crippen LogP) is 3.39. The minimum atomic E-state index is -0.632. The molecular weight excluding hydrogens is 406 g/mol. The molecular formula is C25H27N3O4. The number of hydrogen-bond donors (Lipinski definition) is 1. The van der Waals surface area contributed by atoms with Crippen LogP contribution in [0.1, 0.15) is 43.4 Å². The number of allylic oxidation sites excluding steroid dienone is 2. The molecule has 1 aromatic carbocycles. The Morgan fingerprint density at radius 3 is 2.22 bits per heavy atom. The van der Waals surface area contributed by atoms with Crippen molar-refractivity contribution in [3.63, 3.8) is 0 Å². The van der Waals surface area contributed by atoms with E-state index in [1.807, 2.05) is 32.0 Å². The topological polar surface area (TPSA) is 80.8 Å². The van der Waals surface area contributed by atoms with Crippen LogP contribution >= 0.6 is 0 Å². The van der Waals surface area contributed by atoms with Gasteiger partial charge in [0.2, 0.25) is 0 Å². The number of aromatic nitrogens is 1. The summed E-state index contributed by atoms with van der Waals surface area (Å²) in [5.41, 5.74) is 5.25. The SMILES string of the molecule is COC(=O)C1=C(C)NC(C)=C(C(=O)OC(C)N2Cc3ccccc3C2)C1c1cccnc1. The first-order valence-electron chi connectivity index (χ1n) is 10.6. The minimum absolute atomic E-state index is 0.374. The van der Waals surface area contributed by atoms with Gasteiger partial charge in [0.05, 0.1) is 24.2 Å². The van der Waals surface area contributed by atoms with E-state index in [4.69, 9.17) is 9.47 Å². The third-order valence-corrected chi connectivity index (χ3v) is 6.06. The number of carbonyl (C=O) groups excluding carboxylic acids is 2. The van der Waals surface area contributed by atoms with Crippen LogP contribution in [0.3, 0.4) is 0 Å². The van der Waals surface area contributed by atoms with Crippen LogP contribution in [0.2, 0.25) is 0 Å². The Kier molecular flexibility index (Phi) is 6.10. The van der Waals surface area contributed by atoms with Crippen molar-refractivity contribution < 1.29 is 19.1 Å². The Labute approximate surface area is 187 Å². The van der Waals surface area contributed by atoms with Gasteiger partial charge in [0.15, 0.2) is 6.23 Å². The van der Waals surface area contributed by atoms with Crippen molar-refractivity contribution in [3.05, 3.63) is 88.0 Å². The molecule has 7 heteroatoms. The van der Waals surface area contributed by atoms with E-state index in [0.717, 1.165) is 18.7 Å². The highest BCUT2D eigenvalue weighted by atomic mass is 16.6. The van der Waals surface area contributed by atoms with Crippen molar-refractivity contribution in [1.29, 1.82) is 0 Å². The second-order valence-electron chi connectivity index (χ2n) is 8.09. The van der Waals surface area contributed by atoms with E-state index in [9.17, 15) is 9.59 Å². The fourth-order valence-corrected chi connectivity index (χ4v) is 4.43. The lowest BCUT2D eigenvalue weighted by Crippen LogP contribution is -2.36. The summed E-state index contributed by atoms with van der Waals surface area (Å²) in [6.45, 7) is 6.93. The van der Waals surface area contributed by atoms with Gasteiger partial charge >= 0.3 is 11.9 Å². The minimum Gasteiger partial charge on any atom is -0.466 e. The molecule has 0 aliphatic carbocycles. The number of fused-ring (bicyclic) bond motifs is 1. The van der Waals surface area contributed by atoms with Crippen molar-refractivity contribution in [2.45, 2.75) is 46.0 Å². The summed E-state index contributed by atoms with van der Waals surface area (Å²) in [5, 5.41) is 3.16. The molecule has 2 aliphatic heterocycles. The van der Waals surface area contributed by atoms with Gasteiger partial charge in [-0.25, -0.2) is 9.59 Å². The molecule has 0 radical (unpaired) electrons. The first kappa shape index (κ1) is 21.8. The molecule has 2 aromatic rings. The second-order valence-corrected chi connectivity index (χ2v) is 8.09. The Balaban J connectivity index is 1.62. The van der Waals surface area contributed by atoms with E-state index in [1.165, 1.54) is 18.2 Å². The maximum absolute atomic E-state index is 13.5. The second kappa shape index (κ2) is 8.96. The highest BCUT2D eigenvalue weighted by molar-refractivity contribution is 5.99. The monoisotopic (exact) mass is 433 g/mol. The van der Waals surface area contributed by atoms with Crippen LogP contribution in [0, 0.1) is 0 Å². The van der Waals surface area contributed by atoms with Gasteiger partial charge < -0.3 is 14.8 Å². The molecule has 0 saturated carbocycles. The van der Waals surface area contributed by atoms with E-state index in [1.54, 1.807) is 25.4 Å². The molecule has 0 saturated heterocycles. The van der Waals surface area contributed by atoms with Gasteiger partial charge in [-0.2, -0.15) is 0 Å². The third-order valence-electron chi connectivity index (χ3n) is 6.06. The van der Waals surface area contributed by atoms with Gasteiger partial charge in [0.25, 0.3) is 0 Å². The van der Waals surface area contributed by atoms with Crippen LogP contribution in [0.15, 0.2) is 71.3 Å². The van der Waals surface area contributed by atoms with Crippen LogP contribution in [0.25, 0.3) is 0 Å². The average Bonchev–Trinajstić information content (AvgIpc) is 3.23. The van der Waals surface area contributed by atoms with Crippen molar-refractivity contribution in [3.8, 4) is 0 Å². The molecule has 32 heavy (non-hydrogen) atoms. The lowest BCUT2D eigenvalue weighted by atomic mass is 9.81. The molecule has 2 aliphatic rings. The zero-order valence-corrected chi connectivity index (χ0v) is 18.7. The maximum atomic E-state index is 13.5.